The molecule has 0 amide bonds. The molecule has 0 aliphatic heterocycles. The summed E-state index contributed by atoms with van der Waals surface area (Å²) in [4.78, 5) is 8.06. The lowest BCUT2D eigenvalue weighted by molar-refractivity contribution is 0.242. The second-order valence-corrected chi connectivity index (χ2v) is 4.02. The SMILES string of the molecule is Cc1cnc(N)nc1-n1cc(OC(C)C)cn1. The third-order valence-corrected chi connectivity index (χ3v) is 2.11. The predicted octanol–water partition coefficient (Wildman–Crippen LogP) is 1.34. The maximum Gasteiger partial charge on any atom is 0.222 e. The van der Waals surface area contributed by atoms with E-state index < -0.39 is 0 Å². The van der Waals surface area contributed by atoms with E-state index in [2.05, 4.69) is 15.1 Å². The average molecular weight is 233 g/mol. The van der Waals surface area contributed by atoms with Crippen LogP contribution in [0.3, 0.4) is 0 Å². The first-order chi connectivity index (χ1) is 8.06. The molecule has 0 fully saturated rings. The van der Waals surface area contributed by atoms with Crippen molar-refractivity contribution in [2.45, 2.75) is 26.9 Å². The highest BCUT2D eigenvalue weighted by atomic mass is 16.5. The van der Waals surface area contributed by atoms with Crippen molar-refractivity contribution in [3.05, 3.63) is 24.2 Å². The van der Waals surface area contributed by atoms with Crippen LogP contribution in [0.25, 0.3) is 5.82 Å². The summed E-state index contributed by atoms with van der Waals surface area (Å²) in [7, 11) is 0. The molecule has 0 aliphatic carbocycles. The zero-order chi connectivity index (χ0) is 12.4. The highest BCUT2D eigenvalue weighted by Gasteiger charge is 2.08. The van der Waals surface area contributed by atoms with E-state index in [4.69, 9.17) is 10.5 Å². The normalized spacial score (nSPS) is 10.8. The van der Waals surface area contributed by atoms with E-state index >= 15 is 0 Å². The molecule has 0 saturated heterocycles. The van der Waals surface area contributed by atoms with Gasteiger partial charge in [-0.05, 0) is 20.8 Å². The monoisotopic (exact) mass is 233 g/mol. The van der Waals surface area contributed by atoms with Gasteiger partial charge in [0.1, 0.15) is 0 Å². The fraction of sp³-hybridized carbons (Fsp3) is 0.364. The number of nitrogens with zero attached hydrogens (tertiary/aromatic N) is 4. The summed E-state index contributed by atoms with van der Waals surface area (Å²) >= 11 is 0. The number of nitrogens with two attached hydrogens (primary N) is 1. The van der Waals surface area contributed by atoms with Crippen molar-refractivity contribution in [1.29, 1.82) is 0 Å². The van der Waals surface area contributed by atoms with E-state index in [0.29, 0.717) is 11.6 Å². The summed E-state index contributed by atoms with van der Waals surface area (Å²) < 4.78 is 7.16. The Morgan fingerprint density at radius 2 is 2.12 bits per heavy atom. The molecule has 2 aromatic heterocycles. The molecular formula is C11H15N5O. The van der Waals surface area contributed by atoms with E-state index in [1.54, 1.807) is 23.3 Å². The smallest absolute Gasteiger partial charge is 0.222 e. The first-order valence-electron chi connectivity index (χ1n) is 5.37. The van der Waals surface area contributed by atoms with Gasteiger partial charge in [-0.15, -0.1) is 0 Å². The minimum atomic E-state index is 0.115. The lowest BCUT2D eigenvalue weighted by atomic mass is 10.3. The molecule has 0 atom stereocenters. The number of rotatable bonds is 3. The number of hydrogen-bond donors (Lipinski definition) is 1. The fourth-order valence-electron chi connectivity index (χ4n) is 1.43. The first-order valence-corrected chi connectivity index (χ1v) is 5.37. The average Bonchev–Trinajstić information content (AvgIpc) is 2.69. The molecule has 0 radical (unpaired) electrons. The van der Waals surface area contributed by atoms with Gasteiger partial charge in [-0.2, -0.15) is 10.1 Å². The molecule has 0 aromatic carbocycles. The van der Waals surface area contributed by atoms with Crippen LogP contribution in [0.1, 0.15) is 19.4 Å². The topological polar surface area (TPSA) is 78.8 Å². The van der Waals surface area contributed by atoms with Crippen LogP contribution in [-0.2, 0) is 0 Å². The zero-order valence-electron chi connectivity index (χ0n) is 10.1. The van der Waals surface area contributed by atoms with Crippen molar-refractivity contribution in [1.82, 2.24) is 19.7 Å². The molecule has 90 valence electrons. The quantitative estimate of drug-likeness (QED) is 0.865. The Bertz CT molecular complexity index is 520. The fourth-order valence-corrected chi connectivity index (χ4v) is 1.43. The highest BCUT2D eigenvalue weighted by Crippen LogP contribution is 2.16. The second-order valence-electron chi connectivity index (χ2n) is 4.02. The number of hydrogen-bond acceptors (Lipinski definition) is 5. The maximum absolute atomic E-state index is 5.56. The van der Waals surface area contributed by atoms with Crippen molar-refractivity contribution >= 4 is 5.95 Å². The molecule has 0 bridgehead atoms. The van der Waals surface area contributed by atoms with Crippen LogP contribution in [0.4, 0.5) is 5.95 Å². The summed E-state index contributed by atoms with van der Waals surface area (Å²) in [6, 6.07) is 0. The molecule has 6 heteroatoms. The Hall–Kier alpha value is -2.11. The molecule has 6 nitrogen and oxygen atoms in total. The molecule has 2 aromatic rings. The van der Waals surface area contributed by atoms with E-state index in [-0.39, 0.29) is 12.1 Å². The van der Waals surface area contributed by atoms with Gasteiger partial charge in [0.05, 0.1) is 18.5 Å². The van der Waals surface area contributed by atoms with Gasteiger partial charge in [-0.3, -0.25) is 0 Å². The molecule has 17 heavy (non-hydrogen) atoms. The van der Waals surface area contributed by atoms with Crippen molar-refractivity contribution in [2.75, 3.05) is 5.73 Å². The lowest BCUT2D eigenvalue weighted by Gasteiger charge is -2.06. The minimum Gasteiger partial charge on any atom is -0.488 e. The van der Waals surface area contributed by atoms with Crippen LogP contribution in [0, 0.1) is 6.92 Å². The number of aromatic nitrogens is 4. The molecule has 0 spiro atoms. The van der Waals surface area contributed by atoms with Gasteiger partial charge < -0.3 is 10.5 Å². The summed E-state index contributed by atoms with van der Waals surface area (Å²) in [5.74, 6) is 1.60. The van der Waals surface area contributed by atoms with Gasteiger partial charge in [0.25, 0.3) is 0 Å². The van der Waals surface area contributed by atoms with Crippen LogP contribution in [-0.4, -0.2) is 25.9 Å². The van der Waals surface area contributed by atoms with Crippen molar-refractivity contribution in [3.63, 3.8) is 0 Å². The molecule has 2 N–H and O–H groups in total. The van der Waals surface area contributed by atoms with Gasteiger partial charge >= 0.3 is 0 Å². The van der Waals surface area contributed by atoms with Crippen molar-refractivity contribution < 1.29 is 4.74 Å². The molecule has 0 unspecified atom stereocenters. The zero-order valence-corrected chi connectivity index (χ0v) is 10.1. The minimum absolute atomic E-state index is 0.115. The first kappa shape index (κ1) is 11.4. The summed E-state index contributed by atoms with van der Waals surface area (Å²) in [5.41, 5.74) is 6.46. The number of ether oxygens (including phenoxy) is 1. The van der Waals surface area contributed by atoms with Gasteiger partial charge in [0.15, 0.2) is 11.6 Å². The molecule has 2 rings (SSSR count). The van der Waals surface area contributed by atoms with E-state index in [1.807, 2.05) is 20.8 Å². The van der Waals surface area contributed by atoms with E-state index in [0.717, 1.165) is 5.56 Å². The van der Waals surface area contributed by atoms with Crippen molar-refractivity contribution in [2.24, 2.45) is 0 Å². The Morgan fingerprint density at radius 1 is 1.35 bits per heavy atom. The van der Waals surface area contributed by atoms with Crippen molar-refractivity contribution in [3.8, 4) is 11.6 Å². The number of anilines is 1. The third-order valence-electron chi connectivity index (χ3n) is 2.11. The van der Waals surface area contributed by atoms with Gasteiger partial charge in [0.2, 0.25) is 5.95 Å². The lowest BCUT2D eigenvalue weighted by Crippen LogP contribution is -2.06. The van der Waals surface area contributed by atoms with Gasteiger partial charge in [0, 0.05) is 11.8 Å². The second kappa shape index (κ2) is 4.40. The van der Waals surface area contributed by atoms with Crippen LogP contribution >= 0.6 is 0 Å². The summed E-state index contributed by atoms with van der Waals surface area (Å²) in [6.07, 6.45) is 5.21. The standard InChI is InChI=1S/C11H15N5O/c1-7(2)17-9-5-14-16(6-9)10-8(3)4-13-11(12)15-10/h4-7H,1-3H3,(H2,12,13,15). The summed E-state index contributed by atoms with van der Waals surface area (Å²) in [6.45, 7) is 5.83. The van der Waals surface area contributed by atoms with Crippen LogP contribution in [0.5, 0.6) is 5.75 Å². The maximum atomic E-state index is 5.56. The Morgan fingerprint density at radius 3 is 2.82 bits per heavy atom. The Balaban J connectivity index is 2.33. The van der Waals surface area contributed by atoms with Crippen LogP contribution in [0.15, 0.2) is 18.6 Å². The molecule has 0 aliphatic rings. The molecule has 2 heterocycles. The predicted molar refractivity (Wildman–Crippen MR) is 64.1 cm³/mol. The van der Waals surface area contributed by atoms with Crippen LogP contribution in [0.2, 0.25) is 0 Å². The third kappa shape index (κ3) is 2.52. The summed E-state index contributed by atoms with van der Waals surface area (Å²) in [5, 5.41) is 4.19. The largest absolute Gasteiger partial charge is 0.488 e. The number of aryl methyl sites for hydroxylation is 1. The van der Waals surface area contributed by atoms with Gasteiger partial charge in [-0.1, -0.05) is 0 Å². The van der Waals surface area contributed by atoms with Crippen LogP contribution < -0.4 is 10.5 Å². The highest BCUT2D eigenvalue weighted by molar-refractivity contribution is 5.36. The number of nitrogen functional groups attached to an aromatic ring is 1. The molecule has 0 saturated carbocycles. The van der Waals surface area contributed by atoms with Gasteiger partial charge in [-0.25, -0.2) is 9.67 Å². The Kier molecular flexibility index (Phi) is 2.95. The van der Waals surface area contributed by atoms with E-state index in [1.165, 1.54) is 0 Å². The Labute approximate surface area is 99.4 Å². The van der Waals surface area contributed by atoms with E-state index in [9.17, 15) is 0 Å². The molecular weight excluding hydrogens is 218 g/mol.